The topological polar surface area (TPSA) is 85.2 Å². The number of hydrogen-bond acceptors (Lipinski definition) is 6. The van der Waals surface area contributed by atoms with Crippen molar-refractivity contribution in [3.05, 3.63) is 42.7 Å². The Kier molecular flexibility index (Phi) is 3.66. The first-order valence-corrected chi connectivity index (χ1v) is 8.05. The number of hydrogen-bond donors (Lipinski definition) is 2. The van der Waals surface area contributed by atoms with E-state index in [1.54, 1.807) is 42.1 Å². The molecule has 3 rings (SSSR count). The van der Waals surface area contributed by atoms with E-state index in [9.17, 15) is 8.42 Å². The van der Waals surface area contributed by atoms with Gasteiger partial charge in [-0.25, -0.2) is 4.68 Å². The monoisotopic (exact) mass is 308 g/mol. The average molecular weight is 308 g/mol. The second kappa shape index (κ2) is 5.47. The Labute approximate surface area is 123 Å². The molecule has 21 heavy (non-hydrogen) atoms. The summed E-state index contributed by atoms with van der Waals surface area (Å²) in [6, 6.07) is 8.37. The van der Waals surface area contributed by atoms with Gasteiger partial charge < -0.3 is 4.18 Å². The van der Waals surface area contributed by atoms with Crippen molar-refractivity contribution in [1.82, 2.24) is 20.6 Å². The molecule has 0 spiro atoms. The minimum atomic E-state index is -3.68. The summed E-state index contributed by atoms with van der Waals surface area (Å²) in [7, 11) is -3.68. The van der Waals surface area contributed by atoms with E-state index in [0.717, 1.165) is 5.69 Å². The summed E-state index contributed by atoms with van der Waals surface area (Å²) < 4.78 is 31.3. The average Bonchev–Trinajstić information content (AvgIpc) is 3.10. The van der Waals surface area contributed by atoms with Gasteiger partial charge in [-0.15, -0.1) is 0 Å². The van der Waals surface area contributed by atoms with E-state index in [0.29, 0.717) is 12.3 Å². The molecule has 1 fully saturated rings. The molecule has 112 valence electrons. The second-order valence-corrected chi connectivity index (χ2v) is 6.63. The van der Waals surface area contributed by atoms with Crippen molar-refractivity contribution >= 4 is 10.1 Å². The third-order valence-electron chi connectivity index (χ3n) is 3.38. The molecule has 1 aromatic heterocycles. The summed E-state index contributed by atoms with van der Waals surface area (Å²) in [4.78, 5) is 0. The van der Waals surface area contributed by atoms with Crippen molar-refractivity contribution < 1.29 is 12.6 Å². The molecule has 1 aliphatic rings. The zero-order valence-electron chi connectivity index (χ0n) is 11.4. The molecule has 0 bridgehead atoms. The molecule has 8 heteroatoms. The summed E-state index contributed by atoms with van der Waals surface area (Å²) in [6.45, 7) is 2.13. The standard InChI is InChI=1S/C13H16N4O3S/c1-10-13(9-14-16-10)21(18,19)20-12-5-3-11(4-6-12)17-8-2-7-15-17/h2-8,10,13-14,16H,9H2,1H3. The Morgan fingerprint density at radius 1 is 1.33 bits per heavy atom. The van der Waals surface area contributed by atoms with E-state index in [1.807, 2.05) is 12.3 Å². The van der Waals surface area contributed by atoms with Gasteiger partial charge in [0.15, 0.2) is 0 Å². The highest BCUT2D eigenvalue weighted by molar-refractivity contribution is 7.87. The molecule has 1 saturated heterocycles. The molecule has 2 unspecified atom stereocenters. The van der Waals surface area contributed by atoms with Crippen LogP contribution < -0.4 is 15.0 Å². The van der Waals surface area contributed by atoms with Crippen LogP contribution in [0.25, 0.3) is 5.69 Å². The molecule has 7 nitrogen and oxygen atoms in total. The molecule has 2 heterocycles. The van der Waals surface area contributed by atoms with Crippen molar-refractivity contribution in [2.24, 2.45) is 0 Å². The van der Waals surface area contributed by atoms with Gasteiger partial charge in [-0.1, -0.05) is 0 Å². The van der Waals surface area contributed by atoms with Crippen LogP contribution >= 0.6 is 0 Å². The van der Waals surface area contributed by atoms with E-state index in [2.05, 4.69) is 16.0 Å². The largest absolute Gasteiger partial charge is 0.382 e. The fourth-order valence-corrected chi connectivity index (χ4v) is 3.57. The van der Waals surface area contributed by atoms with Gasteiger partial charge in [0.2, 0.25) is 0 Å². The molecule has 0 aliphatic carbocycles. The van der Waals surface area contributed by atoms with E-state index in [4.69, 9.17) is 4.18 Å². The van der Waals surface area contributed by atoms with Gasteiger partial charge >= 0.3 is 10.1 Å². The van der Waals surface area contributed by atoms with Crippen LogP contribution in [0.3, 0.4) is 0 Å². The summed E-state index contributed by atoms with van der Waals surface area (Å²) in [5, 5.41) is 3.50. The van der Waals surface area contributed by atoms with E-state index in [-0.39, 0.29) is 6.04 Å². The lowest BCUT2D eigenvalue weighted by Crippen LogP contribution is -2.37. The molecule has 2 aromatic rings. The molecule has 2 N–H and O–H groups in total. The predicted octanol–water partition coefficient (Wildman–Crippen LogP) is 0.446. The second-order valence-electron chi connectivity index (χ2n) is 4.87. The van der Waals surface area contributed by atoms with Gasteiger partial charge in [0, 0.05) is 25.0 Å². The summed E-state index contributed by atoms with van der Waals surface area (Å²) in [5.41, 5.74) is 6.52. The lowest BCUT2D eigenvalue weighted by Gasteiger charge is -2.15. The normalized spacial score (nSPS) is 22.3. The number of aromatic nitrogens is 2. The smallest absolute Gasteiger partial charge is 0.315 e. The molecule has 0 saturated carbocycles. The quantitative estimate of drug-likeness (QED) is 0.798. The van der Waals surface area contributed by atoms with Gasteiger partial charge in [0.25, 0.3) is 0 Å². The van der Waals surface area contributed by atoms with Crippen molar-refractivity contribution in [1.29, 1.82) is 0 Å². The molecule has 0 amide bonds. The third-order valence-corrected chi connectivity index (χ3v) is 5.12. The van der Waals surface area contributed by atoms with Crippen LogP contribution in [-0.2, 0) is 10.1 Å². The van der Waals surface area contributed by atoms with E-state index in [1.165, 1.54) is 0 Å². The zero-order chi connectivity index (χ0) is 14.9. The van der Waals surface area contributed by atoms with Crippen LogP contribution in [0.5, 0.6) is 5.75 Å². The lowest BCUT2D eigenvalue weighted by molar-refractivity contribution is 0.466. The van der Waals surface area contributed by atoms with Gasteiger partial charge in [-0.3, -0.25) is 10.9 Å². The Balaban J connectivity index is 1.76. The molecule has 0 radical (unpaired) electrons. The molecule has 2 atom stereocenters. The number of rotatable bonds is 4. The highest BCUT2D eigenvalue weighted by Gasteiger charge is 2.36. The van der Waals surface area contributed by atoms with Gasteiger partial charge in [-0.2, -0.15) is 13.5 Å². The molecule has 1 aliphatic heterocycles. The molecular formula is C13H16N4O3S. The first-order valence-electron chi connectivity index (χ1n) is 6.58. The molecular weight excluding hydrogens is 292 g/mol. The first kappa shape index (κ1) is 14.1. The SMILES string of the molecule is CC1NNCC1S(=O)(=O)Oc1ccc(-n2cccn2)cc1. The summed E-state index contributed by atoms with van der Waals surface area (Å²) in [6.07, 6.45) is 3.49. The van der Waals surface area contributed by atoms with Crippen LogP contribution in [-0.4, -0.2) is 36.0 Å². The van der Waals surface area contributed by atoms with E-state index >= 15 is 0 Å². The van der Waals surface area contributed by atoms with Crippen molar-refractivity contribution in [3.63, 3.8) is 0 Å². The predicted molar refractivity (Wildman–Crippen MR) is 77.5 cm³/mol. The third kappa shape index (κ3) is 2.92. The fraction of sp³-hybridized carbons (Fsp3) is 0.308. The highest BCUT2D eigenvalue weighted by atomic mass is 32.2. The van der Waals surface area contributed by atoms with Crippen LogP contribution in [0.2, 0.25) is 0 Å². The van der Waals surface area contributed by atoms with Crippen molar-refractivity contribution in [2.45, 2.75) is 18.2 Å². The number of hydrazine groups is 1. The molecule has 1 aromatic carbocycles. The number of benzene rings is 1. The minimum Gasteiger partial charge on any atom is -0.382 e. The summed E-state index contributed by atoms with van der Waals surface area (Å²) >= 11 is 0. The maximum Gasteiger partial charge on any atom is 0.315 e. The Morgan fingerprint density at radius 2 is 2.10 bits per heavy atom. The van der Waals surface area contributed by atoms with Crippen LogP contribution in [0.4, 0.5) is 0 Å². The van der Waals surface area contributed by atoms with Crippen LogP contribution in [0, 0.1) is 0 Å². The van der Waals surface area contributed by atoms with Gasteiger partial charge in [0.1, 0.15) is 11.0 Å². The highest BCUT2D eigenvalue weighted by Crippen LogP contribution is 2.20. The lowest BCUT2D eigenvalue weighted by atomic mass is 10.3. The number of nitrogens with zero attached hydrogens (tertiary/aromatic N) is 2. The van der Waals surface area contributed by atoms with Crippen molar-refractivity contribution in [2.75, 3.05) is 6.54 Å². The first-order chi connectivity index (χ1) is 10.1. The Hall–Kier alpha value is -1.90. The van der Waals surface area contributed by atoms with Crippen molar-refractivity contribution in [3.8, 4) is 11.4 Å². The van der Waals surface area contributed by atoms with Gasteiger partial charge in [0.05, 0.1) is 5.69 Å². The van der Waals surface area contributed by atoms with Crippen LogP contribution in [0.1, 0.15) is 6.92 Å². The van der Waals surface area contributed by atoms with Crippen LogP contribution in [0.15, 0.2) is 42.7 Å². The summed E-state index contributed by atoms with van der Waals surface area (Å²) in [5.74, 6) is 0.296. The Morgan fingerprint density at radius 3 is 2.67 bits per heavy atom. The Bertz CT molecular complexity index is 698. The van der Waals surface area contributed by atoms with Gasteiger partial charge in [-0.05, 0) is 37.3 Å². The maximum atomic E-state index is 12.2. The van der Waals surface area contributed by atoms with E-state index < -0.39 is 15.4 Å². The fourth-order valence-electron chi connectivity index (χ4n) is 2.21. The number of nitrogens with one attached hydrogen (secondary N) is 2. The maximum absolute atomic E-state index is 12.2. The minimum absolute atomic E-state index is 0.196. The zero-order valence-corrected chi connectivity index (χ0v) is 12.2.